The Morgan fingerprint density at radius 2 is 1.96 bits per heavy atom. The number of nitrogens with one attached hydrogen (secondary N) is 1. The summed E-state index contributed by atoms with van der Waals surface area (Å²) >= 11 is 1.62. The molecule has 1 amide bonds. The number of benzene rings is 1. The predicted octanol–water partition coefficient (Wildman–Crippen LogP) is 2.07. The Hall–Kier alpha value is -2.72. The first-order valence-electron chi connectivity index (χ1n) is 8.61. The molecular formula is C19H18N4O2S. The molecule has 4 rings (SSSR count). The molecule has 1 aromatic carbocycles. The number of pyridine rings is 1. The van der Waals surface area contributed by atoms with E-state index in [0.29, 0.717) is 31.9 Å². The molecule has 0 saturated carbocycles. The van der Waals surface area contributed by atoms with Crippen molar-refractivity contribution in [3.8, 4) is 6.07 Å². The number of fused-ring (bicyclic) bond motifs is 1. The lowest BCUT2D eigenvalue weighted by Gasteiger charge is -2.37. The van der Waals surface area contributed by atoms with Crippen molar-refractivity contribution in [2.24, 2.45) is 0 Å². The van der Waals surface area contributed by atoms with Crippen LogP contribution in [0, 0.1) is 11.3 Å². The second-order valence-electron chi connectivity index (χ2n) is 6.32. The van der Waals surface area contributed by atoms with E-state index >= 15 is 0 Å². The van der Waals surface area contributed by atoms with Crippen LogP contribution in [0.25, 0.3) is 10.9 Å². The second kappa shape index (κ2) is 6.89. The van der Waals surface area contributed by atoms with E-state index in [1.807, 2.05) is 35.2 Å². The fraction of sp³-hybridized carbons (Fsp3) is 0.316. The van der Waals surface area contributed by atoms with Crippen molar-refractivity contribution < 1.29 is 4.79 Å². The van der Waals surface area contributed by atoms with E-state index < -0.39 is 0 Å². The fourth-order valence-corrected chi connectivity index (χ4v) is 4.46. The molecule has 26 heavy (non-hydrogen) atoms. The van der Waals surface area contributed by atoms with E-state index in [1.54, 1.807) is 11.8 Å². The summed E-state index contributed by atoms with van der Waals surface area (Å²) in [6, 6.07) is 9.56. The van der Waals surface area contributed by atoms with E-state index in [-0.39, 0.29) is 17.0 Å². The zero-order valence-electron chi connectivity index (χ0n) is 14.2. The van der Waals surface area contributed by atoms with Gasteiger partial charge in [-0.3, -0.25) is 9.59 Å². The van der Waals surface area contributed by atoms with Gasteiger partial charge in [-0.2, -0.15) is 5.26 Å². The summed E-state index contributed by atoms with van der Waals surface area (Å²) in [7, 11) is 0. The number of hydrogen-bond donors (Lipinski definition) is 1. The third-order valence-electron chi connectivity index (χ3n) is 4.81. The molecule has 2 aliphatic heterocycles. The van der Waals surface area contributed by atoms with Gasteiger partial charge in [0.1, 0.15) is 11.6 Å². The Labute approximate surface area is 155 Å². The van der Waals surface area contributed by atoms with Gasteiger partial charge in [-0.15, -0.1) is 11.8 Å². The first-order chi connectivity index (χ1) is 12.7. The number of hydrogen-bond acceptors (Lipinski definition) is 5. The number of thioether (sulfide) groups is 1. The van der Waals surface area contributed by atoms with Crippen molar-refractivity contribution in [3.05, 3.63) is 51.2 Å². The molecule has 132 valence electrons. The zero-order valence-corrected chi connectivity index (χ0v) is 15.0. The summed E-state index contributed by atoms with van der Waals surface area (Å²) in [4.78, 5) is 32.4. The van der Waals surface area contributed by atoms with E-state index in [2.05, 4.69) is 16.0 Å². The number of rotatable bonds is 2. The van der Waals surface area contributed by atoms with E-state index in [0.717, 1.165) is 28.0 Å². The number of H-pyrrole nitrogens is 1. The van der Waals surface area contributed by atoms with E-state index in [1.165, 1.54) is 0 Å². The zero-order chi connectivity index (χ0) is 18.1. The minimum absolute atomic E-state index is 0.100. The lowest BCUT2D eigenvalue weighted by molar-refractivity contribution is -0.126. The largest absolute Gasteiger partial charge is 0.366 e. The molecule has 1 saturated heterocycles. The van der Waals surface area contributed by atoms with Gasteiger partial charge in [0.05, 0.1) is 16.1 Å². The highest BCUT2D eigenvalue weighted by Gasteiger charge is 2.27. The molecule has 6 nitrogen and oxygen atoms in total. The number of para-hydroxylation sites is 1. The topological polar surface area (TPSA) is 80.2 Å². The number of piperazine rings is 1. The summed E-state index contributed by atoms with van der Waals surface area (Å²) in [5.41, 5.74) is 1.16. The van der Waals surface area contributed by atoms with Crippen molar-refractivity contribution in [1.29, 1.82) is 5.26 Å². The monoisotopic (exact) mass is 366 g/mol. The molecule has 0 unspecified atom stereocenters. The summed E-state index contributed by atoms with van der Waals surface area (Å²) in [5.74, 6) is 1.08. The summed E-state index contributed by atoms with van der Waals surface area (Å²) < 4.78 is 0. The minimum atomic E-state index is -0.368. The van der Waals surface area contributed by atoms with Gasteiger partial charge in [0.15, 0.2) is 0 Å². The van der Waals surface area contributed by atoms with Crippen molar-refractivity contribution in [1.82, 2.24) is 9.88 Å². The maximum Gasteiger partial charge on any atom is 0.268 e. The molecule has 0 aliphatic carbocycles. The second-order valence-corrected chi connectivity index (χ2v) is 7.46. The van der Waals surface area contributed by atoms with Gasteiger partial charge in [0.25, 0.3) is 11.5 Å². The number of carbonyl (C=O) groups excluding carboxylic acids is 1. The van der Waals surface area contributed by atoms with E-state index in [9.17, 15) is 14.9 Å². The Kier molecular flexibility index (Phi) is 4.43. The van der Waals surface area contributed by atoms with Gasteiger partial charge in [0, 0.05) is 37.3 Å². The smallest absolute Gasteiger partial charge is 0.268 e. The molecule has 1 fully saturated rings. The van der Waals surface area contributed by atoms with Gasteiger partial charge in [0.2, 0.25) is 0 Å². The number of nitriles is 1. The number of anilines is 1. The van der Waals surface area contributed by atoms with E-state index in [4.69, 9.17) is 0 Å². The van der Waals surface area contributed by atoms with Gasteiger partial charge in [-0.25, -0.2) is 0 Å². The number of aromatic amines is 1. The quantitative estimate of drug-likeness (QED) is 0.880. The Morgan fingerprint density at radius 1 is 1.19 bits per heavy atom. The van der Waals surface area contributed by atoms with Crippen LogP contribution in [-0.4, -0.2) is 47.7 Å². The number of allylic oxidation sites excluding steroid dienone is 1. The third kappa shape index (κ3) is 2.86. The molecule has 2 aromatic rings. The van der Waals surface area contributed by atoms with Crippen molar-refractivity contribution in [3.63, 3.8) is 0 Å². The number of amides is 1. The molecule has 0 radical (unpaired) electrons. The number of aromatic nitrogens is 1. The van der Waals surface area contributed by atoms with Crippen LogP contribution in [0.4, 0.5) is 5.69 Å². The maximum absolute atomic E-state index is 12.5. The minimum Gasteiger partial charge on any atom is -0.366 e. The molecular weight excluding hydrogens is 348 g/mol. The third-order valence-corrected chi connectivity index (χ3v) is 5.90. The first kappa shape index (κ1) is 16.7. The summed E-state index contributed by atoms with van der Waals surface area (Å²) in [6.07, 6.45) is 2.97. The molecule has 0 atom stereocenters. The van der Waals surface area contributed by atoms with Crippen LogP contribution in [-0.2, 0) is 4.79 Å². The van der Waals surface area contributed by atoms with Gasteiger partial charge in [-0.05, 0) is 12.5 Å². The van der Waals surface area contributed by atoms with Crippen LogP contribution in [0.3, 0.4) is 0 Å². The lowest BCUT2D eigenvalue weighted by atomic mass is 10.1. The normalized spacial score (nSPS) is 17.3. The maximum atomic E-state index is 12.5. The summed E-state index contributed by atoms with van der Waals surface area (Å²) in [5, 5.41) is 10.4. The van der Waals surface area contributed by atoms with Crippen molar-refractivity contribution in [2.75, 3.05) is 36.8 Å². The Bertz CT molecular complexity index is 997. The van der Waals surface area contributed by atoms with Crippen LogP contribution in [0.15, 0.2) is 40.0 Å². The highest BCUT2D eigenvalue weighted by atomic mass is 32.2. The molecule has 1 aromatic heterocycles. The number of carbonyl (C=O) groups is 1. The predicted molar refractivity (Wildman–Crippen MR) is 103 cm³/mol. The molecule has 0 bridgehead atoms. The molecule has 7 heteroatoms. The SMILES string of the molecule is N#Cc1c(N2CCN(C(=O)C3=CCCS3)CC2)c2ccccc2[nH]c1=O. The fourth-order valence-electron chi connectivity index (χ4n) is 3.51. The highest BCUT2D eigenvalue weighted by Crippen LogP contribution is 2.30. The Morgan fingerprint density at radius 3 is 2.65 bits per heavy atom. The van der Waals surface area contributed by atoms with Crippen LogP contribution >= 0.6 is 11.8 Å². The van der Waals surface area contributed by atoms with Gasteiger partial charge < -0.3 is 14.8 Å². The van der Waals surface area contributed by atoms with Crippen molar-refractivity contribution in [2.45, 2.75) is 6.42 Å². The average Bonchev–Trinajstić information content (AvgIpc) is 3.21. The average molecular weight is 366 g/mol. The molecule has 3 heterocycles. The molecule has 1 N–H and O–H groups in total. The van der Waals surface area contributed by atoms with Crippen LogP contribution < -0.4 is 10.5 Å². The van der Waals surface area contributed by atoms with Crippen LogP contribution in [0.1, 0.15) is 12.0 Å². The lowest BCUT2D eigenvalue weighted by Crippen LogP contribution is -2.49. The number of nitrogens with zero attached hydrogens (tertiary/aromatic N) is 3. The standard InChI is InChI=1S/C19H18N4O2S/c20-12-14-17(13-4-1-2-5-15(13)21-18(14)24)22-7-9-23(10-8-22)19(25)16-6-3-11-26-16/h1-2,4-6H,3,7-11H2,(H,21,24). The van der Waals surface area contributed by atoms with Crippen LogP contribution in [0.5, 0.6) is 0 Å². The van der Waals surface area contributed by atoms with Gasteiger partial charge >= 0.3 is 0 Å². The van der Waals surface area contributed by atoms with Crippen LogP contribution in [0.2, 0.25) is 0 Å². The molecule has 0 spiro atoms. The summed E-state index contributed by atoms with van der Waals surface area (Å²) in [6.45, 7) is 2.38. The Balaban J connectivity index is 1.63. The van der Waals surface area contributed by atoms with Crippen molar-refractivity contribution >= 4 is 34.3 Å². The highest BCUT2D eigenvalue weighted by molar-refractivity contribution is 8.04. The first-order valence-corrected chi connectivity index (χ1v) is 9.60. The van der Waals surface area contributed by atoms with Gasteiger partial charge in [-0.1, -0.05) is 24.3 Å². The molecule has 2 aliphatic rings.